The number of aryl methyl sites for hydroxylation is 1. The van der Waals surface area contributed by atoms with Crippen LogP contribution in [0.5, 0.6) is 0 Å². The van der Waals surface area contributed by atoms with Crippen molar-refractivity contribution >= 4 is 15.7 Å². The van der Waals surface area contributed by atoms with E-state index in [1.54, 1.807) is 24.3 Å². The molecule has 94 valence electrons. The summed E-state index contributed by atoms with van der Waals surface area (Å²) in [6.07, 6.45) is 1.51. The molecular formula is C13H14N2O2S. The Kier molecular flexibility index (Phi) is 3.62. The first-order valence-electron chi connectivity index (χ1n) is 5.52. The summed E-state index contributed by atoms with van der Waals surface area (Å²) in [6, 6.07) is 12.5. The van der Waals surface area contributed by atoms with Crippen LogP contribution in [0.4, 0.5) is 5.69 Å². The maximum absolute atomic E-state index is 11.9. The summed E-state index contributed by atoms with van der Waals surface area (Å²) in [7, 11) is -3.39. The molecule has 0 unspecified atom stereocenters. The molecule has 0 aliphatic rings. The lowest BCUT2D eigenvalue weighted by Gasteiger charge is -2.07. The van der Waals surface area contributed by atoms with Crippen LogP contribution in [0.1, 0.15) is 11.3 Å². The standard InChI is InChI=1S/C13H14N2O2S/c1-11-7-8-13(9-14-11)15-18(16,17)10-12-5-3-2-4-6-12/h2-9,15H,10H2,1H3. The van der Waals surface area contributed by atoms with Crippen molar-refractivity contribution in [2.24, 2.45) is 0 Å². The molecule has 1 aromatic carbocycles. The molecule has 1 heterocycles. The van der Waals surface area contributed by atoms with Gasteiger partial charge < -0.3 is 0 Å². The number of hydrogen-bond donors (Lipinski definition) is 1. The monoisotopic (exact) mass is 262 g/mol. The number of nitrogens with zero attached hydrogens (tertiary/aromatic N) is 1. The number of pyridine rings is 1. The van der Waals surface area contributed by atoms with E-state index >= 15 is 0 Å². The number of nitrogens with one attached hydrogen (secondary N) is 1. The molecule has 0 saturated heterocycles. The Morgan fingerprint density at radius 1 is 1.11 bits per heavy atom. The van der Waals surface area contributed by atoms with Crippen LogP contribution in [0.3, 0.4) is 0 Å². The minimum absolute atomic E-state index is 0.0400. The van der Waals surface area contributed by atoms with Crippen LogP contribution in [0.15, 0.2) is 48.7 Å². The summed E-state index contributed by atoms with van der Waals surface area (Å²) >= 11 is 0. The van der Waals surface area contributed by atoms with Gasteiger partial charge in [0.05, 0.1) is 17.6 Å². The second kappa shape index (κ2) is 5.18. The summed E-state index contributed by atoms with van der Waals surface area (Å²) in [6.45, 7) is 1.85. The maximum Gasteiger partial charge on any atom is 0.236 e. The van der Waals surface area contributed by atoms with Gasteiger partial charge in [-0.1, -0.05) is 30.3 Å². The van der Waals surface area contributed by atoms with Gasteiger partial charge in [0.2, 0.25) is 10.0 Å². The Morgan fingerprint density at radius 2 is 1.83 bits per heavy atom. The van der Waals surface area contributed by atoms with E-state index in [9.17, 15) is 8.42 Å². The molecular weight excluding hydrogens is 248 g/mol. The molecule has 0 atom stereocenters. The van der Waals surface area contributed by atoms with Gasteiger partial charge >= 0.3 is 0 Å². The minimum Gasteiger partial charge on any atom is -0.282 e. The zero-order valence-electron chi connectivity index (χ0n) is 10.00. The van der Waals surface area contributed by atoms with E-state index in [4.69, 9.17) is 0 Å². The van der Waals surface area contributed by atoms with E-state index in [2.05, 4.69) is 9.71 Å². The second-order valence-corrected chi connectivity index (χ2v) is 5.76. The number of anilines is 1. The highest BCUT2D eigenvalue weighted by molar-refractivity contribution is 7.91. The highest BCUT2D eigenvalue weighted by atomic mass is 32.2. The van der Waals surface area contributed by atoms with Crippen LogP contribution < -0.4 is 4.72 Å². The lowest BCUT2D eigenvalue weighted by molar-refractivity contribution is 0.600. The van der Waals surface area contributed by atoms with Gasteiger partial charge in [-0.2, -0.15) is 0 Å². The van der Waals surface area contributed by atoms with Crippen LogP contribution in [-0.2, 0) is 15.8 Å². The molecule has 0 aliphatic heterocycles. The van der Waals surface area contributed by atoms with Crippen molar-refractivity contribution < 1.29 is 8.42 Å². The van der Waals surface area contributed by atoms with E-state index in [-0.39, 0.29) is 5.75 Å². The molecule has 0 saturated carbocycles. The molecule has 4 nitrogen and oxygen atoms in total. The summed E-state index contributed by atoms with van der Waals surface area (Å²) in [5.74, 6) is -0.0400. The minimum atomic E-state index is -3.39. The molecule has 0 amide bonds. The number of rotatable bonds is 4. The summed E-state index contributed by atoms with van der Waals surface area (Å²) < 4.78 is 26.3. The highest BCUT2D eigenvalue weighted by Crippen LogP contribution is 2.11. The Balaban J connectivity index is 2.10. The fourth-order valence-electron chi connectivity index (χ4n) is 1.54. The Morgan fingerprint density at radius 3 is 2.44 bits per heavy atom. The third-order valence-electron chi connectivity index (χ3n) is 2.38. The zero-order valence-corrected chi connectivity index (χ0v) is 10.8. The summed E-state index contributed by atoms with van der Waals surface area (Å²) in [5, 5.41) is 0. The molecule has 0 aliphatic carbocycles. The Hall–Kier alpha value is -1.88. The van der Waals surface area contributed by atoms with E-state index < -0.39 is 10.0 Å². The van der Waals surface area contributed by atoms with E-state index in [0.29, 0.717) is 5.69 Å². The fourth-order valence-corrected chi connectivity index (χ4v) is 2.72. The molecule has 5 heteroatoms. The van der Waals surface area contributed by atoms with Crippen LogP contribution in [-0.4, -0.2) is 13.4 Å². The normalized spacial score (nSPS) is 11.2. The number of aromatic nitrogens is 1. The van der Waals surface area contributed by atoms with Crippen LogP contribution in [0.25, 0.3) is 0 Å². The van der Waals surface area contributed by atoms with Crippen molar-refractivity contribution in [1.29, 1.82) is 0 Å². The van der Waals surface area contributed by atoms with Gasteiger partial charge in [0.25, 0.3) is 0 Å². The largest absolute Gasteiger partial charge is 0.282 e. The summed E-state index contributed by atoms with van der Waals surface area (Å²) in [5.41, 5.74) is 2.09. The second-order valence-electron chi connectivity index (χ2n) is 4.04. The third kappa shape index (κ3) is 3.56. The van der Waals surface area contributed by atoms with Crippen molar-refractivity contribution in [3.8, 4) is 0 Å². The van der Waals surface area contributed by atoms with Crippen molar-refractivity contribution in [3.05, 3.63) is 59.9 Å². The van der Waals surface area contributed by atoms with Crippen molar-refractivity contribution in [2.75, 3.05) is 4.72 Å². The molecule has 0 fully saturated rings. The van der Waals surface area contributed by atoms with Gasteiger partial charge in [0, 0.05) is 5.69 Å². The topological polar surface area (TPSA) is 59.1 Å². The van der Waals surface area contributed by atoms with Gasteiger partial charge in [-0.25, -0.2) is 8.42 Å². The van der Waals surface area contributed by atoms with Crippen molar-refractivity contribution in [1.82, 2.24) is 4.98 Å². The van der Waals surface area contributed by atoms with E-state index in [1.165, 1.54) is 6.20 Å². The molecule has 1 aromatic heterocycles. The Labute approximate surface area is 107 Å². The molecule has 1 N–H and O–H groups in total. The summed E-state index contributed by atoms with van der Waals surface area (Å²) in [4.78, 5) is 4.04. The van der Waals surface area contributed by atoms with Gasteiger partial charge in [0.1, 0.15) is 0 Å². The lowest BCUT2D eigenvalue weighted by Crippen LogP contribution is -2.15. The lowest BCUT2D eigenvalue weighted by atomic mass is 10.2. The first kappa shape index (κ1) is 12.6. The highest BCUT2D eigenvalue weighted by Gasteiger charge is 2.11. The quantitative estimate of drug-likeness (QED) is 0.920. The van der Waals surface area contributed by atoms with Gasteiger partial charge in [-0.15, -0.1) is 0 Å². The van der Waals surface area contributed by atoms with Crippen LogP contribution in [0.2, 0.25) is 0 Å². The molecule has 0 spiro atoms. The molecule has 0 radical (unpaired) electrons. The average Bonchev–Trinajstić information content (AvgIpc) is 2.32. The van der Waals surface area contributed by atoms with Gasteiger partial charge in [-0.3, -0.25) is 9.71 Å². The number of hydrogen-bond acceptors (Lipinski definition) is 3. The third-order valence-corrected chi connectivity index (χ3v) is 3.64. The molecule has 18 heavy (non-hydrogen) atoms. The molecule has 2 rings (SSSR count). The van der Waals surface area contributed by atoms with E-state index in [1.807, 2.05) is 25.1 Å². The zero-order chi connectivity index (χ0) is 13.0. The van der Waals surface area contributed by atoms with Crippen molar-refractivity contribution in [2.45, 2.75) is 12.7 Å². The van der Waals surface area contributed by atoms with Crippen LogP contribution in [0, 0.1) is 6.92 Å². The van der Waals surface area contributed by atoms with Gasteiger partial charge in [0.15, 0.2) is 0 Å². The SMILES string of the molecule is Cc1ccc(NS(=O)(=O)Cc2ccccc2)cn1. The maximum atomic E-state index is 11.9. The van der Waals surface area contributed by atoms with Gasteiger partial charge in [-0.05, 0) is 24.6 Å². The predicted octanol–water partition coefficient (Wildman–Crippen LogP) is 2.33. The smallest absolute Gasteiger partial charge is 0.236 e. The number of sulfonamides is 1. The molecule has 0 bridgehead atoms. The average molecular weight is 262 g/mol. The van der Waals surface area contributed by atoms with Crippen LogP contribution >= 0.6 is 0 Å². The molecule has 2 aromatic rings. The van der Waals surface area contributed by atoms with E-state index in [0.717, 1.165) is 11.3 Å². The first-order valence-corrected chi connectivity index (χ1v) is 7.17. The first-order chi connectivity index (χ1) is 8.55. The predicted molar refractivity (Wildman–Crippen MR) is 71.7 cm³/mol. The fraction of sp³-hybridized carbons (Fsp3) is 0.154. The number of benzene rings is 1. The van der Waals surface area contributed by atoms with Crippen molar-refractivity contribution in [3.63, 3.8) is 0 Å². The Bertz CT molecular complexity index is 607.